The summed E-state index contributed by atoms with van der Waals surface area (Å²) in [4.78, 5) is 0. The molecule has 0 aromatic rings. The normalized spacial score (nSPS) is 23.4. The van der Waals surface area contributed by atoms with E-state index in [0.29, 0.717) is 5.92 Å². The summed E-state index contributed by atoms with van der Waals surface area (Å²) in [5.74, 6) is 1.20. The third-order valence-electron chi connectivity index (χ3n) is 2.61. The molecule has 0 heterocycles. The summed E-state index contributed by atoms with van der Waals surface area (Å²) in [5.41, 5.74) is 0. The molecule has 2 N–H and O–H groups in total. The van der Waals surface area contributed by atoms with Gasteiger partial charge in [0.1, 0.15) is 4.33 Å². The van der Waals surface area contributed by atoms with E-state index in [0.717, 1.165) is 44.9 Å². The van der Waals surface area contributed by atoms with Crippen molar-refractivity contribution in [2.75, 3.05) is 26.2 Å². The molecule has 4 heteroatoms. The van der Waals surface area contributed by atoms with Gasteiger partial charge < -0.3 is 10.6 Å². The van der Waals surface area contributed by atoms with Crippen LogP contribution in [0, 0.1) is 11.8 Å². The van der Waals surface area contributed by atoms with Crippen molar-refractivity contribution in [3.63, 3.8) is 0 Å². The lowest BCUT2D eigenvalue weighted by Gasteiger charge is -2.08. The molecule has 1 fully saturated rings. The SMILES string of the molecule is CC(C)CNCCCNCC1CC1(Cl)Cl. The second-order valence-electron chi connectivity index (χ2n) is 4.82. The molecule has 1 rings (SSSR count). The van der Waals surface area contributed by atoms with Gasteiger partial charge in [-0.3, -0.25) is 0 Å². The number of halogens is 2. The first kappa shape index (κ1) is 13.6. The van der Waals surface area contributed by atoms with Gasteiger partial charge in [0, 0.05) is 12.5 Å². The van der Waals surface area contributed by atoms with E-state index >= 15 is 0 Å². The molecule has 0 saturated heterocycles. The Morgan fingerprint density at radius 1 is 1.27 bits per heavy atom. The van der Waals surface area contributed by atoms with Gasteiger partial charge in [-0.05, 0) is 38.4 Å². The van der Waals surface area contributed by atoms with E-state index in [-0.39, 0.29) is 0 Å². The molecule has 0 aromatic carbocycles. The molecule has 0 amide bonds. The van der Waals surface area contributed by atoms with Gasteiger partial charge in [-0.2, -0.15) is 0 Å². The van der Waals surface area contributed by atoms with Gasteiger partial charge in [0.15, 0.2) is 0 Å². The fraction of sp³-hybridized carbons (Fsp3) is 1.00. The Morgan fingerprint density at radius 3 is 2.40 bits per heavy atom. The quantitative estimate of drug-likeness (QED) is 0.512. The molecule has 1 aliphatic carbocycles. The molecule has 0 radical (unpaired) electrons. The van der Waals surface area contributed by atoms with Crippen LogP contribution in [0.3, 0.4) is 0 Å². The Hall–Kier alpha value is 0.500. The molecule has 0 bridgehead atoms. The molecule has 1 saturated carbocycles. The second kappa shape index (κ2) is 6.29. The summed E-state index contributed by atoms with van der Waals surface area (Å²) < 4.78 is -0.428. The maximum atomic E-state index is 5.92. The summed E-state index contributed by atoms with van der Waals surface area (Å²) in [6.45, 7) is 8.64. The maximum Gasteiger partial charge on any atom is 0.122 e. The Bertz CT molecular complexity index is 183. The summed E-state index contributed by atoms with van der Waals surface area (Å²) in [7, 11) is 0. The Morgan fingerprint density at radius 2 is 1.87 bits per heavy atom. The van der Waals surface area contributed by atoms with E-state index in [1.165, 1.54) is 0 Å². The molecule has 0 aromatic heterocycles. The van der Waals surface area contributed by atoms with E-state index in [2.05, 4.69) is 24.5 Å². The number of hydrogen-bond donors (Lipinski definition) is 2. The Labute approximate surface area is 103 Å². The minimum atomic E-state index is -0.428. The molecular weight excluding hydrogens is 231 g/mol. The zero-order chi connectivity index (χ0) is 11.3. The monoisotopic (exact) mass is 252 g/mol. The lowest BCUT2D eigenvalue weighted by molar-refractivity contribution is 0.526. The Kier molecular flexibility index (Phi) is 5.69. The van der Waals surface area contributed by atoms with Gasteiger partial charge in [-0.15, -0.1) is 23.2 Å². The highest BCUT2D eigenvalue weighted by Crippen LogP contribution is 2.52. The van der Waals surface area contributed by atoms with Crippen molar-refractivity contribution in [3.8, 4) is 0 Å². The van der Waals surface area contributed by atoms with E-state index in [9.17, 15) is 0 Å². The average molecular weight is 253 g/mol. The first-order chi connectivity index (χ1) is 7.02. The lowest BCUT2D eigenvalue weighted by Crippen LogP contribution is -2.26. The minimum absolute atomic E-state index is 0.428. The van der Waals surface area contributed by atoms with Crippen LogP contribution in [0.1, 0.15) is 26.7 Å². The van der Waals surface area contributed by atoms with Crippen LogP contribution >= 0.6 is 23.2 Å². The molecule has 1 atom stereocenters. The molecule has 2 nitrogen and oxygen atoms in total. The van der Waals surface area contributed by atoms with Gasteiger partial charge in [-0.25, -0.2) is 0 Å². The van der Waals surface area contributed by atoms with Crippen LogP contribution < -0.4 is 10.6 Å². The maximum absolute atomic E-state index is 5.92. The number of alkyl halides is 2. The van der Waals surface area contributed by atoms with E-state index in [4.69, 9.17) is 23.2 Å². The molecule has 1 aliphatic rings. The summed E-state index contributed by atoms with van der Waals surface area (Å²) in [5, 5.41) is 6.79. The van der Waals surface area contributed by atoms with Crippen LogP contribution in [0.15, 0.2) is 0 Å². The molecule has 15 heavy (non-hydrogen) atoms. The van der Waals surface area contributed by atoms with Crippen LogP contribution in [-0.4, -0.2) is 30.5 Å². The van der Waals surface area contributed by atoms with Crippen molar-refractivity contribution in [1.29, 1.82) is 0 Å². The minimum Gasteiger partial charge on any atom is -0.316 e. The van der Waals surface area contributed by atoms with E-state index in [1.54, 1.807) is 0 Å². The first-order valence-corrected chi connectivity index (χ1v) is 6.57. The fourth-order valence-corrected chi connectivity index (χ4v) is 2.02. The van der Waals surface area contributed by atoms with Gasteiger partial charge in [0.2, 0.25) is 0 Å². The van der Waals surface area contributed by atoms with Gasteiger partial charge >= 0.3 is 0 Å². The predicted octanol–water partition coefficient (Wildman–Crippen LogP) is 2.41. The van der Waals surface area contributed by atoms with Crippen molar-refractivity contribution in [2.45, 2.75) is 31.0 Å². The average Bonchev–Trinajstić information content (AvgIpc) is 2.72. The summed E-state index contributed by atoms with van der Waals surface area (Å²) >= 11 is 11.8. The zero-order valence-corrected chi connectivity index (χ0v) is 11.2. The van der Waals surface area contributed by atoms with Crippen molar-refractivity contribution < 1.29 is 0 Å². The highest BCUT2D eigenvalue weighted by molar-refractivity contribution is 6.50. The molecule has 90 valence electrons. The summed E-state index contributed by atoms with van der Waals surface area (Å²) in [6, 6.07) is 0. The molecular formula is C11H22Cl2N2. The molecule has 0 aliphatic heterocycles. The fourth-order valence-electron chi connectivity index (χ4n) is 1.50. The number of hydrogen-bond acceptors (Lipinski definition) is 2. The largest absolute Gasteiger partial charge is 0.316 e. The molecule has 0 spiro atoms. The van der Waals surface area contributed by atoms with Crippen LogP contribution in [0.25, 0.3) is 0 Å². The second-order valence-corrected chi connectivity index (χ2v) is 6.36. The smallest absolute Gasteiger partial charge is 0.122 e. The predicted molar refractivity (Wildman–Crippen MR) is 67.7 cm³/mol. The molecule has 1 unspecified atom stereocenters. The number of rotatable bonds is 8. The number of nitrogens with one attached hydrogen (secondary N) is 2. The van der Waals surface area contributed by atoms with Crippen LogP contribution in [0.5, 0.6) is 0 Å². The Balaban J connectivity index is 1.78. The zero-order valence-electron chi connectivity index (χ0n) is 9.65. The van der Waals surface area contributed by atoms with Crippen LogP contribution in [0.4, 0.5) is 0 Å². The lowest BCUT2D eigenvalue weighted by atomic mass is 10.2. The highest BCUT2D eigenvalue weighted by Gasteiger charge is 2.50. The van der Waals surface area contributed by atoms with Gasteiger partial charge in [0.05, 0.1) is 0 Å². The van der Waals surface area contributed by atoms with Crippen molar-refractivity contribution in [3.05, 3.63) is 0 Å². The first-order valence-electron chi connectivity index (χ1n) is 5.81. The van der Waals surface area contributed by atoms with Crippen LogP contribution in [0.2, 0.25) is 0 Å². The van der Waals surface area contributed by atoms with E-state index in [1.807, 2.05) is 0 Å². The topological polar surface area (TPSA) is 24.1 Å². The standard InChI is InChI=1S/C11H22Cl2N2/c1-9(2)7-14-4-3-5-15-8-10-6-11(10,12)13/h9-10,14-15H,3-8H2,1-2H3. The third kappa shape index (κ3) is 5.96. The van der Waals surface area contributed by atoms with Crippen molar-refractivity contribution in [1.82, 2.24) is 10.6 Å². The van der Waals surface area contributed by atoms with Crippen molar-refractivity contribution in [2.24, 2.45) is 11.8 Å². The van der Waals surface area contributed by atoms with Crippen molar-refractivity contribution >= 4 is 23.2 Å². The van der Waals surface area contributed by atoms with Gasteiger partial charge in [-0.1, -0.05) is 13.8 Å². The third-order valence-corrected chi connectivity index (χ3v) is 3.53. The summed E-state index contributed by atoms with van der Waals surface area (Å²) in [6.07, 6.45) is 2.10. The van der Waals surface area contributed by atoms with Gasteiger partial charge in [0.25, 0.3) is 0 Å². The highest BCUT2D eigenvalue weighted by atomic mass is 35.5. The van der Waals surface area contributed by atoms with E-state index < -0.39 is 4.33 Å². The van der Waals surface area contributed by atoms with Crippen LogP contribution in [-0.2, 0) is 0 Å².